The van der Waals surface area contributed by atoms with E-state index in [-0.39, 0.29) is 11.2 Å². The summed E-state index contributed by atoms with van der Waals surface area (Å²) in [6, 6.07) is 0. The maximum absolute atomic E-state index is 6.12. The molecule has 0 aromatic heterocycles. The molecular formula is C13H33NO4Si2. The third-order valence-corrected chi connectivity index (χ3v) is 8.02. The first kappa shape index (κ1) is 20.2. The summed E-state index contributed by atoms with van der Waals surface area (Å²) < 4.78 is 25.8. The van der Waals surface area contributed by atoms with Gasteiger partial charge in [0.25, 0.3) is 0 Å². The highest BCUT2D eigenvalue weighted by molar-refractivity contribution is 6.59. The highest BCUT2D eigenvalue weighted by Gasteiger charge is 2.37. The molecule has 7 heteroatoms. The van der Waals surface area contributed by atoms with Crippen LogP contribution in [0, 0.1) is 0 Å². The van der Waals surface area contributed by atoms with Crippen LogP contribution in [0.1, 0.15) is 54.9 Å². The van der Waals surface area contributed by atoms with Crippen molar-refractivity contribution in [1.29, 1.82) is 0 Å². The fourth-order valence-corrected chi connectivity index (χ4v) is 6.72. The minimum absolute atomic E-state index is 0.229. The Balaban J connectivity index is 5.04. The summed E-state index contributed by atoms with van der Waals surface area (Å²) >= 11 is 0. The predicted octanol–water partition coefficient (Wildman–Crippen LogP) is 2.06. The molecule has 0 bridgehead atoms. The Kier molecular flexibility index (Phi) is 8.72. The lowest BCUT2D eigenvalue weighted by Crippen LogP contribution is -2.58. The van der Waals surface area contributed by atoms with E-state index in [1.807, 2.05) is 41.5 Å². The molecule has 0 saturated carbocycles. The van der Waals surface area contributed by atoms with Gasteiger partial charge in [-0.05, 0) is 54.5 Å². The Bertz CT molecular complexity index is 242. The van der Waals surface area contributed by atoms with Gasteiger partial charge < -0.3 is 17.7 Å². The average molecular weight is 324 g/mol. The second-order valence-corrected chi connectivity index (χ2v) is 11.3. The lowest BCUT2D eigenvalue weighted by Gasteiger charge is -2.38. The Morgan fingerprint density at radius 3 is 1.35 bits per heavy atom. The molecule has 0 saturated heterocycles. The van der Waals surface area contributed by atoms with Crippen molar-refractivity contribution >= 4 is 18.9 Å². The number of rotatable bonds is 8. The van der Waals surface area contributed by atoms with Gasteiger partial charge in [-0.25, -0.2) is 0 Å². The molecule has 122 valence electrons. The number of nitrogens with zero attached hydrogens (tertiary/aromatic N) is 1. The molecule has 0 aliphatic rings. The zero-order valence-corrected chi connectivity index (χ0v) is 17.0. The highest BCUT2D eigenvalue weighted by Crippen LogP contribution is 2.17. The Morgan fingerprint density at radius 2 is 1.15 bits per heavy atom. The smallest absolute Gasteiger partial charge is 0.389 e. The van der Waals surface area contributed by atoms with Gasteiger partial charge in [-0.2, -0.15) is 0 Å². The standard InChI is InChI=1S/C13H33NO4Si2/c1-10-11-14(19(15-8)17-12(2,3)4)20(16-9)18-13(5,6)7/h19-20H,10-11H2,1-9H3. The van der Waals surface area contributed by atoms with E-state index in [9.17, 15) is 0 Å². The van der Waals surface area contributed by atoms with Crippen molar-refractivity contribution in [1.82, 2.24) is 4.23 Å². The number of hydrogen-bond donors (Lipinski definition) is 0. The zero-order valence-electron chi connectivity index (χ0n) is 14.6. The van der Waals surface area contributed by atoms with Crippen LogP contribution in [0.4, 0.5) is 0 Å². The lowest BCUT2D eigenvalue weighted by molar-refractivity contribution is 0.0436. The van der Waals surface area contributed by atoms with Gasteiger partial charge in [0.15, 0.2) is 0 Å². The number of hydrogen-bond acceptors (Lipinski definition) is 5. The lowest BCUT2D eigenvalue weighted by atomic mass is 10.2. The van der Waals surface area contributed by atoms with Crippen molar-refractivity contribution in [2.75, 3.05) is 20.8 Å². The molecule has 0 aromatic carbocycles. The Labute approximate surface area is 128 Å². The normalized spacial score (nSPS) is 16.5. The summed E-state index contributed by atoms with van der Waals surface area (Å²) in [6.45, 7) is 15.3. The summed E-state index contributed by atoms with van der Waals surface area (Å²) in [5.41, 5.74) is -0.458. The third kappa shape index (κ3) is 8.50. The van der Waals surface area contributed by atoms with Crippen molar-refractivity contribution in [3.63, 3.8) is 0 Å². The van der Waals surface area contributed by atoms with E-state index in [1.54, 1.807) is 14.2 Å². The molecule has 0 fully saturated rings. The van der Waals surface area contributed by atoms with Gasteiger partial charge in [-0.1, -0.05) is 6.92 Å². The van der Waals surface area contributed by atoms with E-state index < -0.39 is 18.9 Å². The van der Waals surface area contributed by atoms with Gasteiger partial charge in [0.1, 0.15) is 0 Å². The molecule has 20 heavy (non-hydrogen) atoms. The molecule has 2 atom stereocenters. The van der Waals surface area contributed by atoms with Crippen LogP contribution in [0.3, 0.4) is 0 Å². The fraction of sp³-hybridized carbons (Fsp3) is 1.00. The van der Waals surface area contributed by atoms with Crippen LogP contribution in [0.5, 0.6) is 0 Å². The minimum atomic E-state index is -1.99. The molecule has 0 spiro atoms. The van der Waals surface area contributed by atoms with Crippen molar-refractivity contribution in [3.8, 4) is 0 Å². The third-order valence-electron chi connectivity index (χ3n) is 2.34. The first-order chi connectivity index (χ1) is 9.04. The quantitative estimate of drug-likeness (QED) is 0.640. The first-order valence-corrected chi connectivity index (χ1v) is 10.1. The van der Waals surface area contributed by atoms with E-state index in [0.29, 0.717) is 0 Å². The van der Waals surface area contributed by atoms with Crippen LogP contribution in [0.2, 0.25) is 0 Å². The van der Waals surface area contributed by atoms with Crippen molar-refractivity contribution in [3.05, 3.63) is 0 Å². The molecule has 0 N–H and O–H groups in total. The second-order valence-electron chi connectivity index (χ2n) is 6.78. The maximum Gasteiger partial charge on any atom is 0.407 e. The Hall–Kier alpha value is 0.234. The van der Waals surface area contributed by atoms with E-state index in [4.69, 9.17) is 17.7 Å². The van der Waals surface area contributed by atoms with Gasteiger partial charge in [0.05, 0.1) is 11.2 Å². The topological polar surface area (TPSA) is 40.2 Å². The summed E-state index contributed by atoms with van der Waals surface area (Å²) in [4.78, 5) is 0. The molecule has 5 nitrogen and oxygen atoms in total. The van der Waals surface area contributed by atoms with Crippen molar-refractivity contribution in [2.24, 2.45) is 0 Å². The molecule has 0 amide bonds. The molecule has 0 heterocycles. The first-order valence-electron chi connectivity index (χ1n) is 7.21. The maximum atomic E-state index is 6.12. The molecule has 0 rings (SSSR count). The second kappa shape index (κ2) is 8.62. The van der Waals surface area contributed by atoms with E-state index in [1.165, 1.54) is 0 Å². The van der Waals surface area contributed by atoms with Crippen LogP contribution in [-0.4, -0.2) is 55.1 Å². The molecule has 0 aliphatic heterocycles. The summed E-state index contributed by atoms with van der Waals surface area (Å²) in [6.07, 6.45) is 1.01. The van der Waals surface area contributed by atoms with Gasteiger partial charge in [0.2, 0.25) is 0 Å². The molecule has 2 unspecified atom stereocenters. The van der Waals surface area contributed by atoms with Gasteiger partial charge in [0, 0.05) is 14.2 Å². The van der Waals surface area contributed by atoms with Crippen molar-refractivity contribution < 1.29 is 17.7 Å². The van der Waals surface area contributed by atoms with Crippen LogP contribution in [0.15, 0.2) is 0 Å². The molecule has 0 aliphatic carbocycles. The fourth-order valence-electron chi connectivity index (χ4n) is 1.68. The summed E-state index contributed by atoms with van der Waals surface area (Å²) in [5, 5.41) is 0. The zero-order chi connectivity index (χ0) is 16.0. The minimum Gasteiger partial charge on any atom is -0.389 e. The van der Waals surface area contributed by atoms with Crippen molar-refractivity contribution in [2.45, 2.75) is 66.1 Å². The summed E-state index contributed by atoms with van der Waals surface area (Å²) in [5.74, 6) is 0. The van der Waals surface area contributed by atoms with Gasteiger partial charge >= 0.3 is 18.9 Å². The van der Waals surface area contributed by atoms with Crippen LogP contribution < -0.4 is 0 Å². The predicted molar refractivity (Wildman–Crippen MR) is 87.0 cm³/mol. The van der Waals surface area contributed by atoms with Crippen LogP contribution in [0.25, 0.3) is 0 Å². The largest absolute Gasteiger partial charge is 0.407 e. The molecular weight excluding hydrogens is 290 g/mol. The monoisotopic (exact) mass is 323 g/mol. The molecule has 0 aromatic rings. The van der Waals surface area contributed by atoms with Crippen LogP contribution in [-0.2, 0) is 17.7 Å². The van der Waals surface area contributed by atoms with E-state index in [0.717, 1.165) is 13.0 Å². The molecule has 0 radical (unpaired) electrons. The van der Waals surface area contributed by atoms with Gasteiger partial charge in [-0.15, -0.1) is 0 Å². The van der Waals surface area contributed by atoms with E-state index in [2.05, 4.69) is 11.2 Å². The average Bonchev–Trinajstić information content (AvgIpc) is 2.28. The summed E-state index contributed by atoms with van der Waals surface area (Å²) in [7, 11) is -0.557. The SMILES string of the molecule is CCCN([SiH](OC)OC(C)(C)C)[SiH](OC)OC(C)(C)C. The van der Waals surface area contributed by atoms with Gasteiger partial charge in [-0.3, -0.25) is 4.23 Å². The van der Waals surface area contributed by atoms with Crippen LogP contribution >= 0.6 is 0 Å². The highest BCUT2D eigenvalue weighted by atomic mass is 28.4. The Morgan fingerprint density at radius 1 is 0.800 bits per heavy atom. The van der Waals surface area contributed by atoms with E-state index >= 15 is 0 Å².